The van der Waals surface area contributed by atoms with E-state index in [2.05, 4.69) is 0 Å². The number of Topliss-reactive ketones (excluding diaryl/α,β-unsaturated/α-hetero) is 1. The molecule has 0 heterocycles. The zero-order valence-corrected chi connectivity index (χ0v) is 10.2. The van der Waals surface area contributed by atoms with Crippen molar-refractivity contribution in [3.8, 4) is 5.75 Å². The molecule has 0 unspecified atom stereocenters. The summed E-state index contributed by atoms with van der Waals surface area (Å²) < 4.78 is 5.89. The number of carbonyl (C=O) groups is 1. The van der Waals surface area contributed by atoms with Crippen LogP contribution in [0, 0.1) is 0 Å². The zero-order valence-electron chi connectivity index (χ0n) is 10.2. The molecule has 2 N–H and O–H groups in total. The maximum atomic E-state index is 11.4. The van der Waals surface area contributed by atoms with Crippen LogP contribution in [-0.2, 0) is 0 Å². The Kier molecular flexibility index (Phi) is 3.67. The van der Waals surface area contributed by atoms with Gasteiger partial charge in [0.25, 0.3) is 0 Å². The van der Waals surface area contributed by atoms with Gasteiger partial charge in [0.15, 0.2) is 5.78 Å². The van der Waals surface area contributed by atoms with Crippen LogP contribution in [0.2, 0.25) is 0 Å². The van der Waals surface area contributed by atoms with Crippen LogP contribution >= 0.6 is 0 Å². The van der Waals surface area contributed by atoms with Gasteiger partial charge in [0.05, 0.1) is 6.10 Å². The average molecular weight is 233 g/mol. The van der Waals surface area contributed by atoms with E-state index in [4.69, 9.17) is 10.5 Å². The third-order valence-electron chi connectivity index (χ3n) is 3.26. The molecule has 17 heavy (non-hydrogen) atoms. The predicted molar refractivity (Wildman–Crippen MR) is 68.4 cm³/mol. The van der Waals surface area contributed by atoms with Crippen LogP contribution < -0.4 is 10.5 Å². The zero-order chi connectivity index (χ0) is 12.3. The Labute approximate surface area is 102 Å². The van der Waals surface area contributed by atoms with Gasteiger partial charge in [0.1, 0.15) is 5.75 Å². The molecule has 1 saturated carbocycles. The van der Waals surface area contributed by atoms with E-state index >= 15 is 0 Å². The maximum Gasteiger partial charge on any atom is 0.162 e. The number of hydrogen-bond acceptors (Lipinski definition) is 3. The molecule has 1 aliphatic rings. The van der Waals surface area contributed by atoms with Crippen molar-refractivity contribution < 1.29 is 9.53 Å². The highest BCUT2D eigenvalue weighted by atomic mass is 16.5. The highest BCUT2D eigenvalue weighted by molar-refractivity contribution is 5.99. The molecule has 0 saturated heterocycles. The molecule has 0 atom stereocenters. The molecule has 1 fully saturated rings. The summed E-state index contributed by atoms with van der Waals surface area (Å²) in [6.45, 7) is 1.52. The summed E-state index contributed by atoms with van der Waals surface area (Å²) in [5.74, 6) is 0.743. The van der Waals surface area contributed by atoms with Crippen molar-refractivity contribution in [3.05, 3.63) is 23.8 Å². The molecule has 1 aliphatic carbocycles. The van der Waals surface area contributed by atoms with E-state index in [1.54, 1.807) is 12.1 Å². The number of ketones is 1. The third kappa shape index (κ3) is 2.99. The fourth-order valence-electron chi connectivity index (χ4n) is 2.29. The van der Waals surface area contributed by atoms with E-state index in [1.807, 2.05) is 6.07 Å². The Morgan fingerprint density at radius 1 is 1.29 bits per heavy atom. The smallest absolute Gasteiger partial charge is 0.162 e. The minimum atomic E-state index is -0.0170. The molecule has 1 aromatic carbocycles. The summed E-state index contributed by atoms with van der Waals surface area (Å²) in [7, 11) is 0. The van der Waals surface area contributed by atoms with Crippen LogP contribution in [0.1, 0.15) is 49.4 Å². The second-order valence-corrected chi connectivity index (χ2v) is 4.68. The molecule has 0 bridgehead atoms. The van der Waals surface area contributed by atoms with Crippen molar-refractivity contribution in [2.45, 2.75) is 45.1 Å². The molecular weight excluding hydrogens is 214 g/mol. The fraction of sp³-hybridized carbons (Fsp3) is 0.500. The topological polar surface area (TPSA) is 52.3 Å². The number of nitrogens with two attached hydrogens (primary N) is 1. The van der Waals surface area contributed by atoms with Crippen LogP contribution in [0.3, 0.4) is 0 Å². The molecule has 0 amide bonds. The molecule has 3 heteroatoms. The van der Waals surface area contributed by atoms with Gasteiger partial charge in [-0.05, 0) is 50.8 Å². The van der Waals surface area contributed by atoms with E-state index < -0.39 is 0 Å². The molecule has 0 aliphatic heterocycles. The number of carbonyl (C=O) groups excluding carboxylic acids is 1. The largest absolute Gasteiger partial charge is 0.490 e. The number of ether oxygens (including phenoxy) is 1. The summed E-state index contributed by atoms with van der Waals surface area (Å²) in [6.07, 6.45) is 6.30. The van der Waals surface area contributed by atoms with Gasteiger partial charge >= 0.3 is 0 Å². The Balaban J connectivity index is 2.10. The molecule has 92 valence electrons. The lowest BCUT2D eigenvalue weighted by Crippen LogP contribution is -2.19. The molecule has 3 nitrogen and oxygen atoms in total. The van der Waals surface area contributed by atoms with Crippen LogP contribution in [0.15, 0.2) is 18.2 Å². The van der Waals surface area contributed by atoms with E-state index in [-0.39, 0.29) is 5.78 Å². The summed E-state index contributed by atoms with van der Waals surface area (Å²) >= 11 is 0. The number of anilines is 1. The second-order valence-electron chi connectivity index (χ2n) is 4.68. The standard InChI is InChI=1S/C14H19NO2/c1-10(16)13-9-12(7-8-14(13)15)17-11-5-3-2-4-6-11/h7-9,11H,2-6,15H2,1H3. The molecule has 0 aromatic heterocycles. The van der Waals surface area contributed by atoms with Crippen LogP contribution in [0.25, 0.3) is 0 Å². The predicted octanol–water partition coefficient (Wildman–Crippen LogP) is 3.18. The molecular formula is C14H19NO2. The quantitative estimate of drug-likeness (QED) is 0.644. The number of rotatable bonds is 3. The lowest BCUT2D eigenvalue weighted by atomic mass is 9.98. The monoisotopic (exact) mass is 233 g/mol. The van der Waals surface area contributed by atoms with Gasteiger partial charge in [0, 0.05) is 11.3 Å². The molecule has 0 radical (unpaired) electrons. The Morgan fingerprint density at radius 3 is 2.65 bits per heavy atom. The number of nitrogen functional groups attached to an aromatic ring is 1. The Bertz CT molecular complexity index is 409. The number of hydrogen-bond donors (Lipinski definition) is 1. The summed E-state index contributed by atoms with van der Waals surface area (Å²) in [4.78, 5) is 11.4. The van der Waals surface area contributed by atoms with Gasteiger partial charge in [-0.2, -0.15) is 0 Å². The van der Waals surface area contributed by atoms with Gasteiger partial charge < -0.3 is 10.5 Å². The summed E-state index contributed by atoms with van der Waals surface area (Å²) in [6, 6.07) is 5.34. The van der Waals surface area contributed by atoms with Crippen molar-refractivity contribution >= 4 is 11.5 Å². The summed E-state index contributed by atoms with van der Waals surface area (Å²) in [5.41, 5.74) is 6.82. The average Bonchev–Trinajstić information content (AvgIpc) is 2.32. The van der Waals surface area contributed by atoms with Crippen molar-refractivity contribution in [3.63, 3.8) is 0 Å². The minimum Gasteiger partial charge on any atom is -0.490 e. The van der Waals surface area contributed by atoms with Gasteiger partial charge in [-0.25, -0.2) is 0 Å². The van der Waals surface area contributed by atoms with Gasteiger partial charge in [-0.15, -0.1) is 0 Å². The van der Waals surface area contributed by atoms with Gasteiger partial charge in [-0.1, -0.05) is 6.42 Å². The highest BCUT2D eigenvalue weighted by Gasteiger charge is 2.15. The van der Waals surface area contributed by atoms with Gasteiger partial charge in [-0.3, -0.25) is 4.79 Å². The Morgan fingerprint density at radius 2 is 2.00 bits per heavy atom. The maximum absolute atomic E-state index is 11.4. The van der Waals surface area contributed by atoms with E-state index in [0.29, 0.717) is 17.4 Å². The van der Waals surface area contributed by atoms with Crippen LogP contribution in [-0.4, -0.2) is 11.9 Å². The first-order valence-corrected chi connectivity index (χ1v) is 6.24. The molecule has 1 aromatic rings. The third-order valence-corrected chi connectivity index (χ3v) is 3.26. The van der Waals surface area contributed by atoms with Crippen LogP contribution in [0.4, 0.5) is 5.69 Å². The lowest BCUT2D eigenvalue weighted by molar-refractivity contribution is 0.101. The first kappa shape index (κ1) is 12.0. The van der Waals surface area contributed by atoms with E-state index in [1.165, 1.54) is 26.2 Å². The van der Waals surface area contributed by atoms with Crippen LogP contribution in [0.5, 0.6) is 5.75 Å². The van der Waals surface area contributed by atoms with Crippen molar-refractivity contribution in [1.29, 1.82) is 0 Å². The first-order chi connectivity index (χ1) is 8.16. The normalized spacial score (nSPS) is 16.8. The lowest BCUT2D eigenvalue weighted by Gasteiger charge is -2.23. The first-order valence-electron chi connectivity index (χ1n) is 6.24. The Hall–Kier alpha value is -1.51. The molecule has 2 rings (SSSR count). The fourth-order valence-corrected chi connectivity index (χ4v) is 2.29. The van der Waals surface area contributed by atoms with Crippen molar-refractivity contribution in [2.24, 2.45) is 0 Å². The van der Waals surface area contributed by atoms with E-state index in [9.17, 15) is 4.79 Å². The highest BCUT2D eigenvalue weighted by Crippen LogP contribution is 2.26. The summed E-state index contributed by atoms with van der Waals surface area (Å²) in [5, 5.41) is 0. The molecule has 0 spiro atoms. The van der Waals surface area contributed by atoms with Gasteiger partial charge in [0.2, 0.25) is 0 Å². The minimum absolute atomic E-state index is 0.0170. The second kappa shape index (κ2) is 5.21. The number of benzene rings is 1. The SMILES string of the molecule is CC(=O)c1cc(OC2CCCCC2)ccc1N. The van der Waals surface area contributed by atoms with E-state index in [0.717, 1.165) is 18.6 Å². The van der Waals surface area contributed by atoms with Crippen molar-refractivity contribution in [2.75, 3.05) is 5.73 Å². The van der Waals surface area contributed by atoms with Crippen molar-refractivity contribution in [1.82, 2.24) is 0 Å².